The van der Waals surface area contributed by atoms with Crippen molar-refractivity contribution in [1.29, 1.82) is 0 Å². The van der Waals surface area contributed by atoms with Crippen molar-refractivity contribution in [3.63, 3.8) is 0 Å². The minimum absolute atomic E-state index is 0.0382. The van der Waals surface area contributed by atoms with E-state index in [1.54, 1.807) is 12.4 Å². The molecule has 0 saturated heterocycles. The Morgan fingerprint density at radius 2 is 2.19 bits per heavy atom. The molecular formula is C14H14FN5S. The highest BCUT2D eigenvalue weighted by molar-refractivity contribution is 7.99. The summed E-state index contributed by atoms with van der Waals surface area (Å²) in [6, 6.07) is 4.99. The first-order valence-electron chi connectivity index (χ1n) is 6.50. The highest BCUT2D eigenvalue weighted by Gasteiger charge is 2.15. The highest BCUT2D eigenvalue weighted by Crippen LogP contribution is 2.34. The maximum absolute atomic E-state index is 14.2. The van der Waals surface area contributed by atoms with Gasteiger partial charge in [0.1, 0.15) is 22.7 Å². The summed E-state index contributed by atoms with van der Waals surface area (Å²) in [7, 11) is 0. The third-order valence-corrected chi connectivity index (χ3v) is 4.14. The molecule has 0 saturated carbocycles. The number of nitrogens with zero attached hydrogens (tertiary/aromatic N) is 3. The average molecular weight is 303 g/mol. The van der Waals surface area contributed by atoms with E-state index in [1.165, 1.54) is 24.2 Å². The van der Waals surface area contributed by atoms with E-state index in [4.69, 9.17) is 5.73 Å². The molecule has 0 fully saturated rings. The zero-order valence-corrected chi connectivity index (χ0v) is 12.2. The molecule has 0 aliphatic heterocycles. The Balaban J connectivity index is 2.03. The van der Waals surface area contributed by atoms with Gasteiger partial charge in [-0.25, -0.2) is 19.3 Å². The maximum Gasteiger partial charge on any atom is 0.181 e. The number of nitrogens with two attached hydrogens (primary N) is 1. The standard InChI is InChI=1S/C14H14FN5S/c1-8(16)5-9-3-2-4-10(15)12(9)21-14-11-13(18-6-17-11)19-7-20-14/h2-4,6-8H,5,16H2,1H3,(H,17,18,19,20). The summed E-state index contributed by atoms with van der Waals surface area (Å²) >= 11 is 1.26. The number of fused-ring (bicyclic) bond motifs is 1. The zero-order valence-electron chi connectivity index (χ0n) is 11.4. The fraction of sp³-hybridized carbons (Fsp3) is 0.214. The van der Waals surface area contributed by atoms with Crippen LogP contribution in [0.4, 0.5) is 4.39 Å². The summed E-state index contributed by atoms with van der Waals surface area (Å²) in [5.41, 5.74) is 7.99. The summed E-state index contributed by atoms with van der Waals surface area (Å²) in [5.74, 6) is -0.274. The third kappa shape index (κ3) is 2.88. The molecule has 0 aliphatic carbocycles. The molecule has 1 aromatic carbocycles. The molecule has 3 rings (SSSR count). The van der Waals surface area contributed by atoms with Crippen molar-refractivity contribution in [2.75, 3.05) is 0 Å². The number of aromatic nitrogens is 4. The topological polar surface area (TPSA) is 80.5 Å². The molecule has 7 heteroatoms. The minimum atomic E-state index is -0.274. The van der Waals surface area contributed by atoms with Crippen LogP contribution in [0, 0.1) is 5.82 Å². The first-order chi connectivity index (χ1) is 10.1. The van der Waals surface area contributed by atoms with E-state index < -0.39 is 0 Å². The SMILES string of the molecule is CC(N)Cc1cccc(F)c1Sc1ncnc2nc[nH]c12. The molecule has 0 radical (unpaired) electrons. The van der Waals surface area contributed by atoms with Crippen LogP contribution in [0.5, 0.6) is 0 Å². The Hall–Kier alpha value is -1.99. The number of hydrogen-bond acceptors (Lipinski definition) is 5. The predicted octanol–water partition coefficient (Wildman–Crippen LogP) is 2.53. The van der Waals surface area contributed by atoms with Crippen LogP contribution in [-0.2, 0) is 6.42 Å². The zero-order chi connectivity index (χ0) is 14.8. The van der Waals surface area contributed by atoms with E-state index in [2.05, 4.69) is 19.9 Å². The summed E-state index contributed by atoms with van der Waals surface area (Å²) in [6.45, 7) is 1.90. The molecular weight excluding hydrogens is 289 g/mol. The molecule has 1 unspecified atom stereocenters. The van der Waals surface area contributed by atoms with Gasteiger partial charge in [0, 0.05) is 6.04 Å². The lowest BCUT2D eigenvalue weighted by atomic mass is 10.1. The Labute approximate surface area is 125 Å². The van der Waals surface area contributed by atoms with Gasteiger partial charge in [0.2, 0.25) is 0 Å². The van der Waals surface area contributed by atoms with Crippen molar-refractivity contribution >= 4 is 22.9 Å². The number of imidazole rings is 1. The third-order valence-electron chi connectivity index (χ3n) is 2.98. The van der Waals surface area contributed by atoms with Gasteiger partial charge in [0.15, 0.2) is 5.65 Å². The van der Waals surface area contributed by atoms with Crippen molar-refractivity contribution in [2.24, 2.45) is 5.73 Å². The summed E-state index contributed by atoms with van der Waals surface area (Å²) in [6.07, 6.45) is 3.59. The molecule has 0 aliphatic rings. The van der Waals surface area contributed by atoms with Crippen molar-refractivity contribution in [2.45, 2.75) is 29.3 Å². The molecule has 3 aromatic rings. The van der Waals surface area contributed by atoms with Gasteiger partial charge in [-0.2, -0.15) is 0 Å². The second kappa shape index (κ2) is 5.79. The van der Waals surface area contributed by atoms with Gasteiger partial charge in [-0.05, 0) is 25.0 Å². The highest BCUT2D eigenvalue weighted by atomic mass is 32.2. The summed E-state index contributed by atoms with van der Waals surface area (Å²) in [4.78, 5) is 15.9. The van der Waals surface area contributed by atoms with E-state index in [-0.39, 0.29) is 11.9 Å². The lowest BCUT2D eigenvalue weighted by Crippen LogP contribution is -2.18. The molecule has 5 nitrogen and oxygen atoms in total. The number of hydrogen-bond donors (Lipinski definition) is 2. The van der Waals surface area contributed by atoms with Gasteiger partial charge in [0.05, 0.1) is 11.2 Å². The smallest absolute Gasteiger partial charge is 0.181 e. The van der Waals surface area contributed by atoms with E-state index in [1.807, 2.05) is 13.0 Å². The van der Waals surface area contributed by atoms with E-state index >= 15 is 0 Å². The predicted molar refractivity (Wildman–Crippen MR) is 79.6 cm³/mol. The molecule has 1 atom stereocenters. The number of nitrogens with one attached hydrogen (secondary N) is 1. The van der Waals surface area contributed by atoms with Gasteiger partial charge < -0.3 is 10.7 Å². The molecule has 0 spiro atoms. The van der Waals surface area contributed by atoms with Crippen LogP contribution in [0.3, 0.4) is 0 Å². The van der Waals surface area contributed by atoms with Crippen LogP contribution in [0.15, 0.2) is 40.8 Å². The van der Waals surface area contributed by atoms with Crippen LogP contribution in [0.2, 0.25) is 0 Å². The molecule has 2 heterocycles. The molecule has 2 aromatic heterocycles. The Morgan fingerprint density at radius 3 is 3.00 bits per heavy atom. The van der Waals surface area contributed by atoms with Gasteiger partial charge in [-0.3, -0.25) is 0 Å². The van der Waals surface area contributed by atoms with Crippen LogP contribution in [-0.4, -0.2) is 26.0 Å². The second-order valence-corrected chi connectivity index (χ2v) is 5.79. The first kappa shape index (κ1) is 14.0. The van der Waals surface area contributed by atoms with Gasteiger partial charge in [0.25, 0.3) is 0 Å². The lowest BCUT2D eigenvalue weighted by Gasteiger charge is -2.12. The van der Waals surface area contributed by atoms with Crippen molar-refractivity contribution in [3.05, 3.63) is 42.2 Å². The summed E-state index contributed by atoms with van der Waals surface area (Å²) < 4.78 is 14.2. The van der Waals surface area contributed by atoms with Crippen LogP contribution < -0.4 is 5.73 Å². The molecule has 0 bridgehead atoms. The van der Waals surface area contributed by atoms with Crippen LogP contribution in [0.25, 0.3) is 11.2 Å². The molecule has 108 valence electrons. The van der Waals surface area contributed by atoms with E-state index in [9.17, 15) is 4.39 Å². The van der Waals surface area contributed by atoms with E-state index in [0.29, 0.717) is 27.5 Å². The Bertz CT molecular complexity index is 771. The molecule has 21 heavy (non-hydrogen) atoms. The fourth-order valence-corrected chi connectivity index (χ4v) is 3.09. The van der Waals surface area contributed by atoms with Crippen molar-refractivity contribution < 1.29 is 4.39 Å². The second-order valence-electron chi connectivity index (χ2n) is 4.79. The fourth-order valence-electron chi connectivity index (χ4n) is 2.09. The first-order valence-corrected chi connectivity index (χ1v) is 7.31. The van der Waals surface area contributed by atoms with Crippen molar-refractivity contribution in [3.8, 4) is 0 Å². The normalized spacial score (nSPS) is 12.7. The van der Waals surface area contributed by atoms with Crippen molar-refractivity contribution in [1.82, 2.24) is 19.9 Å². The van der Waals surface area contributed by atoms with Gasteiger partial charge in [-0.1, -0.05) is 23.9 Å². The number of halogens is 1. The average Bonchev–Trinajstić information content (AvgIpc) is 2.91. The Kier molecular flexibility index (Phi) is 3.85. The lowest BCUT2D eigenvalue weighted by molar-refractivity contribution is 0.592. The van der Waals surface area contributed by atoms with E-state index in [0.717, 1.165) is 5.56 Å². The maximum atomic E-state index is 14.2. The quantitative estimate of drug-likeness (QED) is 0.724. The monoisotopic (exact) mass is 303 g/mol. The minimum Gasteiger partial charge on any atom is -0.341 e. The number of benzene rings is 1. The molecule has 0 amide bonds. The van der Waals surface area contributed by atoms with Gasteiger partial charge in [-0.15, -0.1) is 0 Å². The Morgan fingerprint density at radius 1 is 1.33 bits per heavy atom. The van der Waals surface area contributed by atoms with Gasteiger partial charge >= 0.3 is 0 Å². The largest absolute Gasteiger partial charge is 0.341 e. The summed E-state index contributed by atoms with van der Waals surface area (Å²) in [5, 5.41) is 0.647. The molecule has 3 N–H and O–H groups in total. The number of rotatable bonds is 4. The van der Waals surface area contributed by atoms with Crippen LogP contribution in [0.1, 0.15) is 12.5 Å². The number of H-pyrrole nitrogens is 1. The van der Waals surface area contributed by atoms with Crippen LogP contribution >= 0.6 is 11.8 Å². The number of aromatic amines is 1.